The van der Waals surface area contributed by atoms with Gasteiger partial charge < -0.3 is 10.4 Å². The van der Waals surface area contributed by atoms with Crippen molar-refractivity contribution >= 4 is 23.2 Å². The molecule has 25 heavy (non-hydrogen) atoms. The van der Waals surface area contributed by atoms with E-state index in [1.807, 2.05) is 20.8 Å². The highest BCUT2D eigenvalue weighted by Crippen LogP contribution is 2.26. The van der Waals surface area contributed by atoms with Crippen molar-refractivity contribution in [1.29, 1.82) is 0 Å². The molecule has 0 aliphatic heterocycles. The number of hydrogen-bond donors (Lipinski definition) is 2. The predicted octanol–water partition coefficient (Wildman–Crippen LogP) is 3.24. The number of carbonyl (C=O) groups excluding carboxylic acids is 1. The maximum Gasteiger partial charge on any atom is 0.333 e. The second kappa shape index (κ2) is 6.92. The molecule has 2 N–H and O–H groups in total. The van der Waals surface area contributed by atoms with E-state index in [0.29, 0.717) is 11.3 Å². The van der Waals surface area contributed by atoms with Crippen LogP contribution in [0.25, 0.3) is 0 Å². The molecular formula is C18H21FN2O3S. The summed E-state index contributed by atoms with van der Waals surface area (Å²) in [6.45, 7) is 7.48. The van der Waals surface area contributed by atoms with E-state index in [0.717, 1.165) is 5.01 Å². The summed E-state index contributed by atoms with van der Waals surface area (Å²) < 4.78 is 13.1. The Morgan fingerprint density at radius 1 is 1.20 bits per heavy atom. The van der Waals surface area contributed by atoms with Crippen LogP contribution in [-0.2, 0) is 27.0 Å². The van der Waals surface area contributed by atoms with E-state index in [9.17, 15) is 19.1 Å². The number of halogens is 1. The molecule has 5 nitrogen and oxygen atoms in total. The van der Waals surface area contributed by atoms with Crippen molar-refractivity contribution in [2.24, 2.45) is 0 Å². The van der Waals surface area contributed by atoms with Crippen LogP contribution in [0.4, 0.5) is 4.39 Å². The molecule has 2 rings (SSSR count). The minimum atomic E-state index is -1.65. The first-order chi connectivity index (χ1) is 11.5. The summed E-state index contributed by atoms with van der Waals surface area (Å²) in [5.74, 6) is -2.15. The van der Waals surface area contributed by atoms with E-state index in [1.165, 1.54) is 42.5 Å². The largest absolute Gasteiger partial charge is 0.479 e. The van der Waals surface area contributed by atoms with Gasteiger partial charge in [-0.3, -0.25) is 4.79 Å². The first kappa shape index (κ1) is 19.1. The Morgan fingerprint density at radius 2 is 1.80 bits per heavy atom. The molecule has 0 saturated carbocycles. The van der Waals surface area contributed by atoms with Gasteiger partial charge in [0.25, 0.3) is 0 Å². The van der Waals surface area contributed by atoms with Crippen LogP contribution < -0.4 is 5.32 Å². The van der Waals surface area contributed by atoms with Crippen molar-refractivity contribution in [3.63, 3.8) is 0 Å². The smallest absolute Gasteiger partial charge is 0.333 e. The molecule has 0 bridgehead atoms. The SMILES string of the molecule is CC(C)(C)c1nc(CC(=O)NC(C)(C(=O)O)c2ccc(F)cc2)cs1. The van der Waals surface area contributed by atoms with Gasteiger partial charge in [-0.2, -0.15) is 0 Å². The van der Waals surface area contributed by atoms with E-state index in [-0.39, 0.29) is 11.8 Å². The Bertz CT molecular complexity index is 780. The van der Waals surface area contributed by atoms with E-state index in [1.54, 1.807) is 5.38 Å². The Kier molecular flexibility index (Phi) is 5.27. The summed E-state index contributed by atoms with van der Waals surface area (Å²) in [7, 11) is 0. The van der Waals surface area contributed by atoms with Crippen LogP contribution in [0.5, 0.6) is 0 Å². The highest BCUT2D eigenvalue weighted by atomic mass is 32.1. The monoisotopic (exact) mass is 364 g/mol. The minimum Gasteiger partial charge on any atom is -0.479 e. The van der Waals surface area contributed by atoms with Crippen molar-refractivity contribution in [3.05, 3.63) is 51.7 Å². The number of carboxylic acid groups (broad SMARTS) is 1. The number of aliphatic carboxylic acids is 1. The molecule has 1 aromatic heterocycles. The van der Waals surface area contributed by atoms with Crippen LogP contribution in [0.1, 0.15) is 44.0 Å². The molecule has 0 aliphatic carbocycles. The van der Waals surface area contributed by atoms with Crippen molar-refractivity contribution < 1.29 is 19.1 Å². The third-order valence-corrected chi connectivity index (χ3v) is 5.09. The molecule has 1 amide bonds. The fourth-order valence-electron chi connectivity index (χ4n) is 2.25. The van der Waals surface area contributed by atoms with E-state index >= 15 is 0 Å². The van der Waals surface area contributed by atoms with Crippen molar-refractivity contribution in [1.82, 2.24) is 10.3 Å². The molecule has 0 saturated heterocycles. The Hall–Kier alpha value is -2.28. The van der Waals surface area contributed by atoms with Gasteiger partial charge in [-0.25, -0.2) is 14.2 Å². The predicted molar refractivity (Wildman–Crippen MR) is 94.0 cm³/mol. The molecule has 1 unspecified atom stereocenters. The molecule has 0 radical (unpaired) electrons. The minimum absolute atomic E-state index is 0.0172. The van der Waals surface area contributed by atoms with E-state index < -0.39 is 23.2 Å². The first-order valence-electron chi connectivity index (χ1n) is 7.78. The Morgan fingerprint density at radius 3 is 2.28 bits per heavy atom. The van der Waals surface area contributed by atoms with Crippen LogP contribution >= 0.6 is 11.3 Å². The number of thiazole rings is 1. The molecule has 1 atom stereocenters. The number of rotatable bonds is 5. The highest BCUT2D eigenvalue weighted by molar-refractivity contribution is 7.09. The highest BCUT2D eigenvalue weighted by Gasteiger charge is 2.37. The van der Waals surface area contributed by atoms with Gasteiger partial charge in [0.1, 0.15) is 5.82 Å². The van der Waals surface area contributed by atoms with Gasteiger partial charge >= 0.3 is 5.97 Å². The lowest BCUT2D eigenvalue weighted by Crippen LogP contribution is -2.50. The topological polar surface area (TPSA) is 79.3 Å². The van der Waals surface area contributed by atoms with Gasteiger partial charge in [-0.1, -0.05) is 32.9 Å². The summed E-state index contributed by atoms with van der Waals surface area (Å²) in [4.78, 5) is 28.5. The van der Waals surface area contributed by atoms with Crippen LogP contribution in [-0.4, -0.2) is 22.0 Å². The lowest BCUT2D eigenvalue weighted by molar-refractivity contribution is -0.147. The maximum atomic E-state index is 13.1. The summed E-state index contributed by atoms with van der Waals surface area (Å²) in [6, 6.07) is 5.03. The van der Waals surface area contributed by atoms with Crippen LogP contribution in [0.15, 0.2) is 29.6 Å². The number of nitrogens with one attached hydrogen (secondary N) is 1. The second-order valence-corrected chi connectivity index (χ2v) is 7.91. The summed E-state index contributed by atoms with van der Waals surface area (Å²) in [5.41, 5.74) is -0.862. The van der Waals surface area contributed by atoms with Gasteiger partial charge in [0.15, 0.2) is 5.54 Å². The zero-order valence-electron chi connectivity index (χ0n) is 14.6. The quantitative estimate of drug-likeness (QED) is 0.854. The van der Waals surface area contributed by atoms with Gasteiger partial charge in [-0.15, -0.1) is 11.3 Å². The van der Waals surface area contributed by atoms with Gasteiger partial charge in [0.05, 0.1) is 17.1 Å². The average molecular weight is 364 g/mol. The molecule has 7 heteroatoms. The summed E-state index contributed by atoms with van der Waals surface area (Å²) >= 11 is 1.47. The van der Waals surface area contributed by atoms with E-state index in [4.69, 9.17) is 0 Å². The third-order valence-electron chi connectivity index (χ3n) is 3.77. The zero-order valence-corrected chi connectivity index (χ0v) is 15.4. The maximum absolute atomic E-state index is 13.1. The molecule has 1 aromatic carbocycles. The summed E-state index contributed by atoms with van der Waals surface area (Å²) in [6.07, 6.45) is -0.0172. The summed E-state index contributed by atoms with van der Waals surface area (Å²) in [5, 5.41) is 14.8. The lowest BCUT2D eigenvalue weighted by atomic mass is 9.91. The van der Waals surface area contributed by atoms with Crippen molar-refractivity contribution in [3.8, 4) is 0 Å². The normalized spacial score (nSPS) is 14.0. The number of benzene rings is 1. The molecule has 0 spiro atoms. The van der Waals surface area contributed by atoms with E-state index in [2.05, 4.69) is 10.3 Å². The first-order valence-corrected chi connectivity index (χ1v) is 8.65. The lowest BCUT2D eigenvalue weighted by Gasteiger charge is -2.26. The molecule has 0 fully saturated rings. The number of carboxylic acids is 1. The van der Waals surface area contributed by atoms with Crippen LogP contribution in [0.2, 0.25) is 0 Å². The van der Waals surface area contributed by atoms with Crippen molar-refractivity contribution in [2.45, 2.75) is 45.1 Å². The average Bonchev–Trinajstić information content (AvgIpc) is 2.96. The molecular weight excluding hydrogens is 343 g/mol. The molecule has 2 aromatic rings. The molecule has 1 heterocycles. The fraction of sp³-hybridized carbons (Fsp3) is 0.389. The number of carbonyl (C=O) groups is 2. The Balaban J connectivity index is 2.17. The number of amides is 1. The van der Waals surface area contributed by atoms with Crippen LogP contribution in [0.3, 0.4) is 0 Å². The van der Waals surface area contributed by atoms with Gasteiger partial charge in [0.2, 0.25) is 5.91 Å². The molecule has 0 aliphatic rings. The third kappa shape index (κ3) is 4.42. The zero-order chi connectivity index (χ0) is 18.8. The van der Waals surface area contributed by atoms with Gasteiger partial charge in [-0.05, 0) is 24.6 Å². The number of hydrogen-bond acceptors (Lipinski definition) is 4. The Labute approximate surface area is 149 Å². The van der Waals surface area contributed by atoms with Crippen LogP contribution in [0, 0.1) is 5.82 Å². The number of nitrogens with zero attached hydrogens (tertiary/aromatic N) is 1. The van der Waals surface area contributed by atoms with Gasteiger partial charge in [0, 0.05) is 10.8 Å². The number of aromatic nitrogens is 1. The molecule has 134 valence electrons. The standard InChI is InChI=1S/C18H21FN2O3S/c1-17(2,3)15-20-13(10-25-15)9-14(22)21-18(4,16(23)24)11-5-7-12(19)8-6-11/h5-8,10H,9H2,1-4H3,(H,21,22)(H,23,24). The van der Waals surface area contributed by atoms with Crippen molar-refractivity contribution in [2.75, 3.05) is 0 Å². The second-order valence-electron chi connectivity index (χ2n) is 7.06. The fourth-order valence-corrected chi connectivity index (χ4v) is 3.16.